The van der Waals surface area contributed by atoms with E-state index < -0.39 is 10.3 Å². The van der Waals surface area contributed by atoms with E-state index in [0.29, 0.717) is 0 Å². The number of imidazole rings is 1. The lowest BCUT2D eigenvalue weighted by molar-refractivity contribution is 0.253. The van der Waals surface area contributed by atoms with Crippen molar-refractivity contribution in [2.75, 3.05) is 11.9 Å². The minimum absolute atomic E-state index is 0.116. The lowest BCUT2D eigenvalue weighted by atomic mass is 10.1. The van der Waals surface area contributed by atoms with Crippen molar-refractivity contribution in [1.29, 1.82) is 0 Å². The minimum atomic E-state index is -3.90. The Hall–Kier alpha value is -2.56. The first-order valence-corrected chi connectivity index (χ1v) is 11.6. The van der Waals surface area contributed by atoms with Crippen LogP contribution in [0.3, 0.4) is 0 Å². The second-order valence-corrected chi connectivity index (χ2v) is 9.31. The van der Waals surface area contributed by atoms with Gasteiger partial charge in [0.1, 0.15) is 11.8 Å². The van der Waals surface area contributed by atoms with Crippen LogP contribution in [0.2, 0.25) is 0 Å². The van der Waals surface area contributed by atoms with E-state index in [1.54, 1.807) is 12.7 Å². The third-order valence-corrected chi connectivity index (χ3v) is 6.64. The van der Waals surface area contributed by atoms with Gasteiger partial charge < -0.3 is 9.88 Å². The maximum atomic E-state index is 11.0. The third-order valence-electron chi connectivity index (χ3n) is 6.18. The number of nitrogens with one attached hydrogen (secondary N) is 1. The molecule has 10 heteroatoms. The summed E-state index contributed by atoms with van der Waals surface area (Å²) in [5, 5.41) is 8.50. The fourth-order valence-electron chi connectivity index (χ4n) is 4.74. The molecule has 1 aromatic carbocycles. The van der Waals surface area contributed by atoms with Gasteiger partial charge in [-0.1, -0.05) is 24.3 Å². The van der Waals surface area contributed by atoms with Gasteiger partial charge in [0.25, 0.3) is 0 Å². The summed E-state index contributed by atoms with van der Waals surface area (Å²) in [6.07, 6.45) is 8.03. The molecular formula is C20H24N6O3S. The molecule has 3 atom stereocenters. The summed E-state index contributed by atoms with van der Waals surface area (Å²) in [7, 11) is -3.90. The van der Waals surface area contributed by atoms with Crippen LogP contribution in [-0.4, -0.2) is 34.5 Å². The van der Waals surface area contributed by atoms with Gasteiger partial charge in [-0.05, 0) is 49.1 Å². The minimum Gasteiger partial charge on any atom is -0.361 e. The van der Waals surface area contributed by atoms with Crippen molar-refractivity contribution >= 4 is 27.3 Å². The van der Waals surface area contributed by atoms with E-state index in [2.05, 4.69) is 49.1 Å². The first-order valence-electron chi connectivity index (χ1n) is 10.2. The first-order chi connectivity index (χ1) is 14.5. The average molecular weight is 429 g/mol. The van der Waals surface area contributed by atoms with Crippen molar-refractivity contribution in [1.82, 2.24) is 19.5 Å². The Morgan fingerprint density at radius 3 is 2.90 bits per heavy atom. The second kappa shape index (κ2) is 7.60. The van der Waals surface area contributed by atoms with E-state index in [1.807, 2.05) is 0 Å². The van der Waals surface area contributed by atoms with Crippen LogP contribution in [0.15, 0.2) is 36.9 Å². The molecule has 30 heavy (non-hydrogen) atoms. The van der Waals surface area contributed by atoms with E-state index in [4.69, 9.17) is 9.32 Å². The van der Waals surface area contributed by atoms with Crippen LogP contribution in [0.5, 0.6) is 0 Å². The summed E-state index contributed by atoms with van der Waals surface area (Å²) in [4.78, 5) is 13.5. The normalized spacial score (nSPS) is 23.7. The monoisotopic (exact) mass is 428 g/mol. The van der Waals surface area contributed by atoms with Crippen LogP contribution in [0, 0.1) is 5.92 Å². The fraction of sp³-hybridized carbons (Fsp3) is 0.450. The Balaban J connectivity index is 1.35. The van der Waals surface area contributed by atoms with E-state index >= 15 is 0 Å². The molecule has 5 rings (SSSR count). The largest absolute Gasteiger partial charge is 0.361 e. The summed E-state index contributed by atoms with van der Waals surface area (Å²) < 4.78 is 28.9. The smallest absolute Gasteiger partial charge is 0.333 e. The van der Waals surface area contributed by atoms with Gasteiger partial charge in [0.15, 0.2) is 11.5 Å². The van der Waals surface area contributed by atoms with E-state index in [-0.39, 0.29) is 24.6 Å². The Kier molecular flexibility index (Phi) is 4.92. The number of anilines is 1. The molecule has 0 spiro atoms. The second-order valence-electron chi connectivity index (χ2n) is 8.09. The number of benzene rings is 1. The van der Waals surface area contributed by atoms with Crippen LogP contribution >= 0.6 is 0 Å². The maximum Gasteiger partial charge on any atom is 0.333 e. The number of nitrogens with zero attached hydrogens (tertiary/aromatic N) is 4. The highest BCUT2D eigenvalue weighted by molar-refractivity contribution is 7.84. The number of fused-ring (bicyclic) bond motifs is 2. The Labute approximate surface area is 174 Å². The zero-order valence-corrected chi connectivity index (χ0v) is 17.3. The number of aromatic nitrogens is 4. The van der Waals surface area contributed by atoms with Crippen molar-refractivity contribution in [2.24, 2.45) is 11.1 Å². The predicted octanol–water partition coefficient (Wildman–Crippen LogP) is 2.49. The van der Waals surface area contributed by atoms with Crippen molar-refractivity contribution in [3.05, 3.63) is 48.0 Å². The predicted molar refractivity (Wildman–Crippen MR) is 112 cm³/mol. The van der Waals surface area contributed by atoms with E-state index in [1.165, 1.54) is 11.1 Å². The third kappa shape index (κ3) is 3.78. The molecule has 2 heterocycles. The molecule has 0 aliphatic heterocycles. The molecule has 2 aromatic heterocycles. The maximum absolute atomic E-state index is 11.0. The molecule has 2 aliphatic rings. The molecule has 1 fully saturated rings. The standard InChI is InChI=1S/C20H24N6O3S/c21-30(27,28)29-10-13-5-7-15(9-13)26-12-24-18-19(22-11-23-20(18)26)25-17-8-6-14-3-1-2-4-16(14)17/h1-4,11-13,15,17H,5-10H2,(H2,21,27,28)(H,22,23,25)/t13-,15+,17?/m1/s1. The van der Waals surface area contributed by atoms with Crippen LogP contribution in [0.4, 0.5) is 5.82 Å². The molecule has 2 aliphatic carbocycles. The molecule has 0 saturated heterocycles. The van der Waals surface area contributed by atoms with Gasteiger partial charge in [-0.25, -0.2) is 20.1 Å². The molecule has 3 N–H and O–H groups in total. The number of rotatable bonds is 6. The molecule has 0 amide bonds. The summed E-state index contributed by atoms with van der Waals surface area (Å²) in [6, 6.07) is 8.90. The number of hydrogen-bond donors (Lipinski definition) is 2. The van der Waals surface area contributed by atoms with Crippen LogP contribution < -0.4 is 10.5 Å². The SMILES string of the molecule is NS(=O)(=O)OC[C@@H]1CC[C@H](n2cnc3c(NC4CCc5ccccc54)ncnc32)C1. The average Bonchev–Trinajstić information content (AvgIpc) is 3.44. The van der Waals surface area contributed by atoms with Crippen LogP contribution in [-0.2, 0) is 20.9 Å². The Morgan fingerprint density at radius 2 is 2.03 bits per heavy atom. The van der Waals surface area contributed by atoms with Crippen molar-refractivity contribution in [3.63, 3.8) is 0 Å². The fourth-order valence-corrected chi connectivity index (χ4v) is 5.12. The summed E-state index contributed by atoms with van der Waals surface area (Å²) >= 11 is 0. The summed E-state index contributed by atoms with van der Waals surface area (Å²) in [6.45, 7) is 0.116. The summed E-state index contributed by atoms with van der Waals surface area (Å²) in [5.41, 5.74) is 4.24. The van der Waals surface area contributed by atoms with Gasteiger partial charge >= 0.3 is 10.3 Å². The van der Waals surface area contributed by atoms with Gasteiger partial charge in [-0.2, -0.15) is 8.42 Å². The molecule has 9 nitrogen and oxygen atoms in total. The Bertz CT molecular complexity index is 1180. The highest BCUT2D eigenvalue weighted by Gasteiger charge is 2.29. The molecule has 1 saturated carbocycles. The molecule has 3 aromatic rings. The Morgan fingerprint density at radius 1 is 1.17 bits per heavy atom. The van der Waals surface area contributed by atoms with Crippen LogP contribution in [0.25, 0.3) is 11.2 Å². The topological polar surface area (TPSA) is 125 Å². The van der Waals surface area contributed by atoms with Crippen molar-refractivity contribution in [2.45, 2.75) is 44.2 Å². The molecule has 158 valence electrons. The number of nitrogens with two attached hydrogens (primary N) is 1. The van der Waals surface area contributed by atoms with Gasteiger partial charge in [0.2, 0.25) is 0 Å². The quantitative estimate of drug-likeness (QED) is 0.618. The van der Waals surface area contributed by atoms with Gasteiger partial charge in [0, 0.05) is 6.04 Å². The molecular weight excluding hydrogens is 404 g/mol. The highest BCUT2D eigenvalue weighted by Crippen LogP contribution is 2.38. The first kappa shape index (κ1) is 19.4. The highest BCUT2D eigenvalue weighted by atomic mass is 32.2. The molecule has 1 unspecified atom stereocenters. The van der Waals surface area contributed by atoms with Gasteiger partial charge in [-0.15, -0.1) is 0 Å². The lowest BCUT2D eigenvalue weighted by Gasteiger charge is -2.16. The number of hydrogen-bond acceptors (Lipinski definition) is 7. The zero-order chi connectivity index (χ0) is 20.7. The lowest BCUT2D eigenvalue weighted by Crippen LogP contribution is -2.19. The van der Waals surface area contributed by atoms with Crippen molar-refractivity contribution in [3.8, 4) is 0 Å². The van der Waals surface area contributed by atoms with Gasteiger partial charge in [0.05, 0.1) is 19.0 Å². The van der Waals surface area contributed by atoms with E-state index in [0.717, 1.165) is 49.1 Å². The number of aryl methyl sites for hydroxylation is 1. The molecule has 0 bridgehead atoms. The van der Waals surface area contributed by atoms with Crippen molar-refractivity contribution < 1.29 is 12.6 Å². The zero-order valence-electron chi connectivity index (χ0n) is 16.4. The molecule has 0 radical (unpaired) electrons. The summed E-state index contributed by atoms with van der Waals surface area (Å²) in [5.74, 6) is 0.882. The van der Waals surface area contributed by atoms with E-state index in [9.17, 15) is 8.42 Å². The van der Waals surface area contributed by atoms with Gasteiger partial charge in [-0.3, -0.25) is 4.18 Å². The van der Waals surface area contributed by atoms with Crippen LogP contribution in [0.1, 0.15) is 48.9 Å².